The van der Waals surface area contributed by atoms with Gasteiger partial charge >= 0.3 is 0 Å². The lowest BCUT2D eigenvalue weighted by Crippen LogP contribution is -2.11. The van der Waals surface area contributed by atoms with Crippen LogP contribution in [0.3, 0.4) is 0 Å². The summed E-state index contributed by atoms with van der Waals surface area (Å²) < 4.78 is 23.1. The van der Waals surface area contributed by atoms with Crippen LogP contribution < -0.4 is 5.73 Å². The van der Waals surface area contributed by atoms with Crippen LogP contribution in [-0.4, -0.2) is 29.9 Å². The molecule has 2 fully saturated rings. The second-order valence-electron chi connectivity index (χ2n) is 5.66. The van der Waals surface area contributed by atoms with E-state index in [2.05, 4.69) is 9.97 Å². The highest BCUT2D eigenvalue weighted by atomic mass is 32.2. The van der Waals surface area contributed by atoms with E-state index < -0.39 is 9.84 Å². The normalized spacial score (nSPS) is 26.8. The van der Waals surface area contributed by atoms with Crippen molar-refractivity contribution in [3.05, 3.63) is 17.6 Å². The molecule has 6 heteroatoms. The van der Waals surface area contributed by atoms with E-state index >= 15 is 0 Å². The van der Waals surface area contributed by atoms with Crippen molar-refractivity contribution in [1.82, 2.24) is 9.97 Å². The maximum absolute atomic E-state index is 11.6. The van der Waals surface area contributed by atoms with Gasteiger partial charge in [0.2, 0.25) is 0 Å². The summed E-state index contributed by atoms with van der Waals surface area (Å²) in [6.07, 6.45) is 5.40. The van der Waals surface area contributed by atoms with Gasteiger partial charge in [-0.3, -0.25) is 0 Å². The molecule has 5 nitrogen and oxygen atoms in total. The monoisotopic (exact) mass is 281 g/mol. The van der Waals surface area contributed by atoms with Crippen molar-refractivity contribution < 1.29 is 8.42 Å². The Bertz CT molecular complexity index is 580. The highest BCUT2D eigenvalue weighted by Gasteiger charge is 2.32. The Morgan fingerprint density at radius 2 is 1.84 bits per heavy atom. The summed E-state index contributed by atoms with van der Waals surface area (Å²) in [5.74, 6) is 1.91. The molecule has 1 aromatic rings. The molecule has 3 rings (SSSR count). The van der Waals surface area contributed by atoms with Gasteiger partial charge in [0.1, 0.15) is 11.6 Å². The third-order valence-electron chi connectivity index (χ3n) is 4.15. The molecular weight excluding hydrogens is 262 g/mol. The number of nitrogens with zero attached hydrogens (tertiary/aromatic N) is 2. The molecule has 1 aliphatic heterocycles. The van der Waals surface area contributed by atoms with E-state index in [1.165, 1.54) is 12.8 Å². The first-order valence-corrected chi connectivity index (χ1v) is 8.70. The first-order chi connectivity index (χ1) is 9.03. The Morgan fingerprint density at radius 1 is 1.11 bits per heavy atom. The van der Waals surface area contributed by atoms with Crippen molar-refractivity contribution in [3.63, 3.8) is 0 Å². The number of anilines is 1. The molecule has 1 saturated carbocycles. The van der Waals surface area contributed by atoms with Crippen LogP contribution in [0, 0.1) is 0 Å². The van der Waals surface area contributed by atoms with Crippen LogP contribution in [0.25, 0.3) is 0 Å². The summed E-state index contributed by atoms with van der Waals surface area (Å²) in [6, 6.07) is 1.85. The van der Waals surface area contributed by atoms with Crippen LogP contribution in [0.4, 0.5) is 5.82 Å². The summed E-state index contributed by atoms with van der Waals surface area (Å²) >= 11 is 0. The van der Waals surface area contributed by atoms with Crippen LogP contribution in [0.1, 0.15) is 55.5 Å². The van der Waals surface area contributed by atoms with Gasteiger partial charge in [0.15, 0.2) is 9.84 Å². The molecule has 1 aromatic heterocycles. The number of sulfone groups is 1. The van der Waals surface area contributed by atoms with E-state index in [4.69, 9.17) is 5.73 Å². The van der Waals surface area contributed by atoms with Crippen molar-refractivity contribution >= 4 is 15.7 Å². The minimum atomic E-state index is -2.91. The Labute approximate surface area is 113 Å². The zero-order valence-electron chi connectivity index (χ0n) is 10.9. The van der Waals surface area contributed by atoms with E-state index in [0.29, 0.717) is 24.0 Å². The smallest absolute Gasteiger partial charge is 0.151 e. The number of hydrogen-bond acceptors (Lipinski definition) is 5. The van der Waals surface area contributed by atoms with Crippen molar-refractivity contribution in [2.75, 3.05) is 17.2 Å². The fourth-order valence-electron chi connectivity index (χ4n) is 3.12. The van der Waals surface area contributed by atoms with Crippen molar-refractivity contribution in [2.45, 2.75) is 43.9 Å². The molecular formula is C13H19N3O2S. The number of rotatable bonds is 2. The summed E-state index contributed by atoms with van der Waals surface area (Å²) in [5, 5.41) is 0. The van der Waals surface area contributed by atoms with Crippen LogP contribution in [0.5, 0.6) is 0 Å². The lowest BCUT2D eigenvalue weighted by Gasteiger charge is -2.13. The highest BCUT2D eigenvalue weighted by molar-refractivity contribution is 7.91. The molecule has 0 amide bonds. The van der Waals surface area contributed by atoms with Gasteiger partial charge in [-0.05, 0) is 19.3 Å². The van der Waals surface area contributed by atoms with Crippen molar-refractivity contribution in [1.29, 1.82) is 0 Å². The first-order valence-electron chi connectivity index (χ1n) is 6.88. The van der Waals surface area contributed by atoms with Gasteiger partial charge in [-0.1, -0.05) is 12.8 Å². The largest absolute Gasteiger partial charge is 0.384 e. The zero-order valence-corrected chi connectivity index (χ0v) is 11.7. The van der Waals surface area contributed by atoms with Crippen LogP contribution in [-0.2, 0) is 9.84 Å². The maximum Gasteiger partial charge on any atom is 0.151 e. The van der Waals surface area contributed by atoms with E-state index in [9.17, 15) is 8.42 Å². The highest BCUT2D eigenvalue weighted by Crippen LogP contribution is 2.35. The van der Waals surface area contributed by atoms with E-state index in [1.807, 2.05) is 6.07 Å². The number of aromatic nitrogens is 2. The lowest BCUT2D eigenvalue weighted by atomic mass is 10.0. The third-order valence-corrected chi connectivity index (χ3v) is 5.92. The molecule has 0 spiro atoms. The molecule has 19 heavy (non-hydrogen) atoms. The topological polar surface area (TPSA) is 85.9 Å². The summed E-state index contributed by atoms with van der Waals surface area (Å²) in [5.41, 5.74) is 6.87. The Balaban J connectivity index is 1.89. The second-order valence-corrected chi connectivity index (χ2v) is 7.89. The first kappa shape index (κ1) is 12.8. The van der Waals surface area contributed by atoms with Gasteiger partial charge < -0.3 is 5.73 Å². The zero-order chi connectivity index (χ0) is 13.5. The molecule has 1 saturated heterocycles. The molecule has 1 atom stereocenters. The van der Waals surface area contributed by atoms with Gasteiger partial charge in [-0.25, -0.2) is 18.4 Å². The summed E-state index contributed by atoms with van der Waals surface area (Å²) in [6.45, 7) is 0. The Hall–Kier alpha value is -1.17. The molecule has 2 heterocycles. The SMILES string of the molecule is Nc1cc(C2CCCC2)nc(C2CCS(=O)(=O)C2)n1. The minimum Gasteiger partial charge on any atom is -0.384 e. The predicted molar refractivity (Wildman–Crippen MR) is 73.7 cm³/mol. The molecule has 1 aliphatic carbocycles. The van der Waals surface area contributed by atoms with Gasteiger partial charge in [0, 0.05) is 23.6 Å². The molecule has 1 unspecified atom stereocenters. The third kappa shape index (κ3) is 2.73. The molecule has 2 N–H and O–H groups in total. The molecule has 0 aromatic carbocycles. The van der Waals surface area contributed by atoms with Crippen LogP contribution in [0.15, 0.2) is 6.07 Å². The van der Waals surface area contributed by atoms with Crippen molar-refractivity contribution in [2.24, 2.45) is 0 Å². The van der Waals surface area contributed by atoms with Crippen LogP contribution in [0.2, 0.25) is 0 Å². The van der Waals surface area contributed by atoms with Crippen LogP contribution >= 0.6 is 0 Å². The molecule has 0 bridgehead atoms. The van der Waals surface area contributed by atoms with E-state index in [-0.39, 0.29) is 17.4 Å². The van der Waals surface area contributed by atoms with Gasteiger partial charge in [0.25, 0.3) is 0 Å². The Morgan fingerprint density at radius 3 is 2.47 bits per heavy atom. The lowest BCUT2D eigenvalue weighted by molar-refractivity contribution is 0.600. The number of nitrogen functional groups attached to an aromatic ring is 1. The van der Waals surface area contributed by atoms with Gasteiger partial charge in [-0.2, -0.15) is 0 Å². The summed E-state index contributed by atoms with van der Waals surface area (Å²) in [7, 11) is -2.91. The average Bonchev–Trinajstić information content (AvgIpc) is 2.97. The number of nitrogens with two attached hydrogens (primary N) is 1. The fourth-order valence-corrected chi connectivity index (χ4v) is 4.86. The van der Waals surface area contributed by atoms with Crippen molar-refractivity contribution in [3.8, 4) is 0 Å². The standard InChI is InChI=1S/C13H19N3O2S/c14-12-7-11(9-3-1-2-4-9)15-13(16-12)10-5-6-19(17,18)8-10/h7,9-10H,1-6,8H2,(H2,14,15,16). The fraction of sp³-hybridized carbons (Fsp3) is 0.692. The predicted octanol–water partition coefficient (Wildman–Crippen LogP) is 1.62. The number of hydrogen-bond donors (Lipinski definition) is 1. The second kappa shape index (κ2) is 4.74. The average molecular weight is 281 g/mol. The molecule has 0 radical (unpaired) electrons. The van der Waals surface area contributed by atoms with E-state index in [0.717, 1.165) is 18.5 Å². The minimum absolute atomic E-state index is 0.0753. The molecule has 104 valence electrons. The van der Waals surface area contributed by atoms with Gasteiger partial charge in [-0.15, -0.1) is 0 Å². The molecule has 2 aliphatic rings. The van der Waals surface area contributed by atoms with E-state index in [1.54, 1.807) is 0 Å². The maximum atomic E-state index is 11.6. The summed E-state index contributed by atoms with van der Waals surface area (Å²) in [4.78, 5) is 8.86. The Kier molecular flexibility index (Phi) is 3.20. The quantitative estimate of drug-likeness (QED) is 0.890. The van der Waals surface area contributed by atoms with Gasteiger partial charge in [0.05, 0.1) is 11.5 Å².